The van der Waals surface area contributed by atoms with Crippen LogP contribution in [0.5, 0.6) is 0 Å². The van der Waals surface area contributed by atoms with Crippen LogP contribution in [0.3, 0.4) is 0 Å². The lowest BCUT2D eigenvalue weighted by molar-refractivity contribution is 0.148. The van der Waals surface area contributed by atoms with Crippen molar-refractivity contribution in [3.05, 3.63) is 56.7 Å². The van der Waals surface area contributed by atoms with Crippen LogP contribution in [0.1, 0.15) is 28.0 Å². The first-order valence-corrected chi connectivity index (χ1v) is 7.07. The maximum Gasteiger partial charge on any atom is 0.0881 e. The topological polar surface area (TPSA) is 46.2 Å². The Labute approximate surface area is 116 Å². The predicted molar refractivity (Wildman–Crippen MR) is 77.3 cm³/mol. The fourth-order valence-corrected chi connectivity index (χ4v) is 3.19. The van der Waals surface area contributed by atoms with Gasteiger partial charge in [0.05, 0.1) is 6.10 Å². The highest BCUT2D eigenvalue weighted by Crippen LogP contribution is 2.34. The highest BCUT2D eigenvalue weighted by Gasteiger charge is 2.23. The van der Waals surface area contributed by atoms with Crippen LogP contribution < -0.4 is 5.73 Å². The molecule has 2 unspecified atom stereocenters. The summed E-state index contributed by atoms with van der Waals surface area (Å²) < 4.78 is 0. The first-order valence-electron chi connectivity index (χ1n) is 5.81. The number of halogens is 1. The van der Waals surface area contributed by atoms with Gasteiger partial charge < -0.3 is 10.8 Å². The van der Waals surface area contributed by atoms with Gasteiger partial charge in [-0.3, -0.25) is 0 Å². The number of nitrogens with two attached hydrogens (primary N) is 1. The first kappa shape index (κ1) is 13.6. The fraction of sp³-hybridized carbons (Fsp3) is 0.286. The molecule has 2 aromatic rings. The van der Waals surface area contributed by atoms with Crippen LogP contribution in [-0.4, -0.2) is 11.7 Å². The molecular formula is C14H16ClNOS. The van der Waals surface area contributed by atoms with Gasteiger partial charge in [0.25, 0.3) is 0 Å². The van der Waals surface area contributed by atoms with Gasteiger partial charge >= 0.3 is 0 Å². The average molecular weight is 282 g/mol. The number of benzene rings is 1. The van der Waals surface area contributed by atoms with Crippen molar-refractivity contribution in [2.75, 3.05) is 6.54 Å². The molecule has 0 aliphatic heterocycles. The Balaban J connectivity index is 2.31. The van der Waals surface area contributed by atoms with E-state index in [0.717, 1.165) is 16.0 Å². The molecule has 0 bridgehead atoms. The Morgan fingerprint density at radius 1 is 1.39 bits per heavy atom. The summed E-state index contributed by atoms with van der Waals surface area (Å²) in [6.07, 6.45) is -0.592. The molecule has 18 heavy (non-hydrogen) atoms. The minimum atomic E-state index is -0.592. The lowest BCUT2D eigenvalue weighted by atomic mass is 9.92. The molecule has 96 valence electrons. The largest absolute Gasteiger partial charge is 0.388 e. The first-order chi connectivity index (χ1) is 8.63. The molecule has 1 aromatic heterocycles. The minimum Gasteiger partial charge on any atom is -0.388 e. The van der Waals surface area contributed by atoms with E-state index < -0.39 is 6.10 Å². The zero-order chi connectivity index (χ0) is 13.1. The third-order valence-corrected chi connectivity index (χ3v) is 4.33. The Morgan fingerprint density at radius 2 is 2.17 bits per heavy atom. The summed E-state index contributed by atoms with van der Waals surface area (Å²) in [5, 5.41) is 13.2. The Hall–Kier alpha value is -0.870. The van der Waals surface area contributed by atoms with Crippen molar-refractivity contribution in [1.82, 2.24) is 0 Å². The summed E-state index contributed by atoms with van der Waals surface area (Å²) in [5.74, 6) is -0.0649. The standard InChI is InChI=1S/C14H16ClNOS/c1-9-7-10(15)4-5-11(9)14(17)12(8-16)13-3-2-6-18-13/h2-7,12,14,17H,8,16H2,1H3. The molecule has 0 amide bonds. The quantitative estimate of drug-likeness (QED) is 0.901. The van der Waals surface area contributed by atoms with E-state index in [-0.39, 0.29) is 5.92 Å². The van der Waals surface area contributed by atoms with Gasteiger partial charge in [0.15, 0.2) is 0 Å². The van der Waals surface area contributed by atoms with Gasteiger partial charge in [-0.2, -0.15) is 0 Å². The number of hydrogen-bond acceptors (Lipinski definition) is 3. The minimum absolute atomic E-state index is 0.0649. The van der Waals surface area contributed by atoms with Gasteiger partial charge in [0.1, 0.15) is 0 Å². The molecule has 1 heterocycles. The van der Waals surface area contributed by atoms with Crippen LogP contribution in [0, 0.1) is 6.92 Å². The zero-order valence-corrected chi connectivity index (χ0v) is 11.7. The number of hydrogen-bond donors (Lipinski definition) is 2. The van der Waals surface area contributed by atoms with Crippen molar-refractivity contribution in [1.29, 1.82) is 0 Å². The van der Waals surface area contributed by atoms with E-state index in [1.54, 1.807) is 17.4 Å². The van der Waals surface area contributed by atoms with Crippen LogP contribution in [0.15, 0.2) is 35.7 Å². The molecule has 0 saturated heterocycles. The summed E-state index contributed by atoms with van der Waals surface area (Å²) in [7, 11) is 0. The van der Waals surface area contributed by atoms with E-state index >= 15 is 0 Å². The fourth-order valence-electron chi connectivity index (χ4n) is 2.09. The van der Waals surface area contributed by atoms with Gasteiger partial charge in [-0.25, -0.2) is 0 Å². The molecule has 0 aliphatic rings. The normalized spacial score (nSPS) is 14.4. The maximum atomic E-state index is 10.5. The monoisotopic (exact) mass is 281 g/mol. The van der Waals surface area contributed by atoms with E-state index in [1.807, 2.05) is 36.6 Å². The molecule has 0 fully saturated rings. The van der Waals surface area contributed by atoms with E-state index in [4.69, 9.17) is 17.3 Å². The second kappa shape index (κ2) is 5.85. The lowest BCUT2D eigenvalue weighted by Gasteiger charge is -2.22. The molecule has 0 spiro atoms. The van der Waals surface area contributed by atoms with E-state index in [2.05, 4.69) is 0 Å². The van der Waals surface area contributed by atoms with E-state index in [0.29, 0.717) is 11.6 Å². The van der Waals surface area contributed by atoms with Crippen LogP contribution in [0.25, 0.3) is 0 Å². The van der Waals surface area contributed by atoms with E-state index in [1.165, 1.54) is 0 Å². The van der Waals surface area contributed by atoms with Gasteiger partial charge in [0.2, 0.25) is 0 Å². The number of aryl methyl sites for hydroxylation is 1. The number of aliphatic hydroxyl groups is 1. The Morgan fingerprint density at radius 3 is 2.72 bits per heavy atom. The Kier molecular flexibility index (Phi) is 4.40. The van der Waals surface area contributed by atoms with Crippen LogP contribution in [-0.2, 0) is 0 Å². The Bertz CT molecular complexity index is 513. The highest BCUT2D eigenvalue weighted by molar-refractivity contribution is 7.10. The van der Waals surface area contributed by atoms with Crippen molar-refractivity contribution in [3.63, 3.8) is 0 Å². The zero-order valence-electron chi connectivity index (χ0n) is 10.1. The van der Waals surface area contributed by atoms with Crippen LogP contribution >= 0.6 is 22.9 Å². The summed E-state index contributed by atoms with van der Waals surface area (Å²) in [5.41, 5.74) is 7.69. The third-order valence-electron chi connectivity index (χ3n) is 3.09. The SMILES string of the molecule is Cc1cc(Cl)ccc1C(O)C(CN)c1cccs1. The van der Waals surface area contributed by atoms with Crippen molar-refractivity contribution in [2.24, 2.45) is 5.73 Å². The van der Waals surface area contributed by atoms with E-state index in [9.17, 15) is 5.11 Å². The molecular weight excluding hydrogens is 266 g/mol. The predicted octanol–water partition coefficient (Wildman–Crippen LogP) is 3.49. The molecule has 0 radical (unpaired) electrons. The lowest BCUT2D eigenvalue weighted by Crippen LogP contribution is -2.19. The van der Waals surface area contributed by atoms with Crippen molar-refractivity contribution in [2.45, 2.75) is 18.9 Å². The highest BCUT2D eigenvalue weighted by atomic mass is 35.5. The van der Waals surface area contributed by atoms with Gasteiger partial charge in [0, 0.05) is 22.4 Å². The second-order valence-electron chi connectivity index (χ2n) is 4.30. The van der Waals surface area contributed by atoms with Crippen molar-refractivity contribution >= 4 is 22.9 Å². The summed E-state index contributed by atoms with van der Waals surface area (Å²) in [4.78, 5) is 1.11. The molecule has 0 aliphatic carbocycles. The summed E-state index contributed by atoms with van der Waals surface area (Å²) >= 11 is 7.55. The van der Waals surface area contributed by atoms with Crippen LogP contribution in [0.2, 0.25) is 5.02 Å². The smallest absolute Gasteiger partial charge is 0.0881 e. The molecule has 0 saturated carbocycles. The molecule has 2 atom stereocenters. The summed E-state index contributed by atoms with van der Waals surface area (Å²) in [6.45, 7) is 2.37. The van der Waals surface area contributed by atoms with Crippen molar-refractivity contribution < 1.29 is 5.11 Å². The number of thiophene rings is 1. The van der Waals surface area contributed by atoms with Crippen molar-refractivity contribution in [3.8, 4) is 0 Å². The third kappa shape index (κ3) is 2.75. The molecule has 2 nitrogen and oxygen atoms in total. The van der Waals surface area contributed by atoms with Gasteiger partial charge in [-0.1, -0.05) is 23.7 Å². The molecule has 3 N–H and O–H groups in total. The summed E-state index contributed by atoms with van der Waals surface area (Å²) in [6, 6.07) is 9.52. The van der Waals surface area contributed by atoms with Gasteiger partial charge in [-0.05, 0) is 41.6 Å². The average Bonchev–Trinajstić information content (AvgIpc) is 2.83. The van der Waals surface area contributed by atoms with Crippen LogP contribution in [0.4, 0.5) is 0 Å². The maximum absolute atomic E-state index is 10.5. The molecule has 4 heteroatoms. The molecule has 1 aromatic carbocycles. The molecule has 2 rings (SSSR count). The number of aliphatic hydroxyl groups excluding tert-OH is 1. The number of rotatable bonds is 4. The van der Waals surface area contributed by atoms with Gasteiger partial charge in [-0.15, -0.1) is 11.3 Å². The second-order valence-corrected chi connectivity index (χ2v) is 5.72.